The molecule has 0 spiro atoms. The number of nitrogens with zero attached hydrogens (tertiary/aromatic N) is 8. The topological polar surface area (TPSA) is 138 Å². The second kappa shape index (κ2) is 32.9. The number of nitriles is 2. The summed E-state index contributed by atoms with van der Waals surface area (Å²) in [5, 5.41) is 30.9. The summed E-state index contributed by atoms with van der Waals surface area (Å²) in [6.45, 7) is 0. The van der Waals surface area contributed by atoms with Gasteiger partial charge >= 0.3 is 0 Å². The normalized spacial score (nSPS) is 11.5. The van der Waals surface area contributed by atoms with E-state index in [9.17, 15) is 10.5 Å². The zero-order valence-corrected chi connectivity index (χ0v) is 72.7. The van der Waals surface area contributed by atoms with Crippen LogP contribution in [0.3, 0.4) is 0 Å². The van der Waals surface area contributed by atoms with Gasteiger partial charge in [-0.1, -0.05) is 400 Å². The largest absolute Gasteiger partial charge is 0.456 e. The van der Waals surface area contributed by atoms with Crippen molar-refractivity contribution in [3.8, 4) is 214 Å². The first-order chi connectivity index (χ1) is 66.8. The minimum Gasteiger partial charge on any atom is -0.456 e. The third-order valence-electron chi connectivity index (χ3n) is 26.7. The van der Waals surface area contributed by atoms with Gasteiger partial charge < -0.3 is 4.42 Å². The quantitative estimate of drug-likeness (QED) is 0.0974. The van der Waals surface area contributed by atoms with Crippen LogP contribution in [0, 0.1) is 22.7 Å². The summed E-state index contributed by atoms with van der Waals surface area (Å²) in [6, 6.07) is 162. The van der Waals surface area contributed by atoms with Gasteiger partial charge in [0.15, 0.2) is 34.9 Å². The molecule has 0 amide bonds. The summed E-state index contributed by atoms with van der Waals surface area (Å²) in [6.07, 6.45) is 0. The van der Waals surface area contributed by atoms with Crippen LogP contribution >= 0.6 is 0 Å². The van der Waals surface area contributed by atoms with Crippen molar-refractivity contribution in [1.82, 2.24) is 29.9 Å². The van der Waals surface area contributed by atoms with E-state index < -0.39 is 0 Å². The lowest BCUT2D eigenvalue weighted by Gasteiger charge is -2.17. The summed E-state index contributed by atoms with van der Waals surface area (Å²) in [5.41, 5.74) is 36.9. The van der Waals surface area contributed by atoms with Crippen molar-refractivity contribution in [3.05, 3.63) is 460 Å². The summed E-state index contributed by atoms with van der Waals surface area (Å²) in [5.74, 6) is 3.73. The van der Waals surface area contributed by atoms with Gasteiger partial charge in [0, 0.05) is 44.2 Å². The van der Waals surface area contributed by atoms with Crippen LogP contribution < -0.4 is 0 Å². The maximum atomic E-state index is 9.60. The summed E-state index contributed by atoms with van der Waals surface area (Å²) in [4.78, 5) is 30.3. The molecule has 2 aliphatic rings. The Morgan fingerprint density at radius 2 is 0.422 bits per heavy atom. The van der Waals surface area contributed by atoms with Crippen LogP contribution in [0.5, 0.6) is 0 Å². The molecule has 21 aromatic carbocycles. The van der Waals surface area contributed by atoms with Crippen LogP contribution in [0.15, 0.2) is 453 Å². The molecule has 135 heavy (non-hydrogen) atoms. The molecule has 0 aliphatic heterocycles. The molecule has 9 nitrogen and oxygen atoms in total. The Kier molecular flexibility index (Phi) is 19.2. The Labute approximate surface area is 778 Å². The van der Waals surface area contributed by atoms with Gasteiger partial charge in [-0.2, -0.15) is 10.5 Å². The van der Waals surface area contributed by atoms with Gasteiger partial charge in [0.05, 0.1) is 23.3 Å². The predicted octanol–water partition coefficient (Wildman–Crippen LogP) is 32.6. The van der Waals surface area contributed by atoms with Crippen molar-refractivity contribution < 1.29 is 4.42 Å². The molecule has 624 valence electrons. The zero-order chi connectivity index (χ0) is 89.6. The number of benzene rings is 21. The molecule has 3 aromatic heterocycles. The number of hydrogen-bond donors (Lipinski definition) is 0. The predicted molar refractivity (Wildman–Crippen MR) is 551 cm³/mol. The van der Waals surface area contributed by atoms with E-state index in [1.54, 1.807) is 0 Å². The monoisotopic (exact) mass is 1710 g/mol. The van der Waals surface area contributed by atoms with Crippen LogP contribution in [0.2, 0.25) is 0 Å². The Morgan fingerprint density at radius 3 is 0.844 bits per heavy atom. The summed E-state index contributed by atoms with van der Waals surface area (Å²) in [7, 11) is 0. The van der Waals surface area contributed by atoms with Crippen molar-refractivity contribution in [2.24, 2.45) is 0 Å². The Bertz CT molecular complexity index is 8920. The zero-order valence-electron chi connectivity index (χ0n) is 72.7. The highest BCUT2D eigenvalue weighted by Crippen LogP contribution is 2.55. The number of hydrogen-bond acceptors (Lipinski definition) is 9. The SMILES string of the molecule is N#Cc1ccc(-c2ccc3c4c(ccc(-c5ccc(-c6ccc(-c7ccc(-c8nc(-c9ccccc9)nc(-c9ccc(-c%10ccc%11oc%12ccccc%12c%11c%10)cc9)n8)cc7)cc6)cc5)c24)-c2ccccc2-3)cc1.N#Cc1ccc(-c2ccc3c4c(ccc(-c5cccc6c5ccc5ccc(-c7nc(-c8ccccc8)nc(-c8ccc(-c9ccccc9)cc8)n7)cc56)c24)-c2ccccc2-3)cc1. The van der Waals surface area contributed by atoms with Crippen molar-refractivity contribution in [1.29, 1.82) is 10.5 Å². The van der Waals surface area contributed by atoms with E-state index >= 15 is 0 Å². The van der Waals surface area contributed by atoms with E-state index in [2.05, 4.69) is 352 Å². The summed E-state index contributed by atoms with van der Waals surface area (Å²) >= 11 is 0. The second-order valence-corrected chi connectivity index (χ2v) is 34.4. The van der Waals surface area contributed by atoms with Crippen LogP contribution in [0.25, 0.3) is 267 Å². The molecule has 9 heteroatoms. The minimum atomic E-state index is 0.614. The van der Waals surface area contributed by atoms with E-state index in [1.165, 1.54) is 82.6 Å². The highest BCUT2D eigenvalue weighted by molar-refractivity contribution is 6.26. The lowest BCUT2D eigenvalue weighted by atomic mass is 9.86. The number of fused-ring (bicyclic) bond motifs is 12. The second-order valence-electron chi connectivity index (χ2n) is 34.4. The fourth-order valence-electron chi connectivity index (χ4n) is 20.0. The van der Waals surface area contributed by atoms with Crippen molar-refractivity contribution in [2.45, 2.75) is 0 Å². The van der Waals surface area contributed by atoms with Crippen LogP contribution in [-0.4, -0.2) is 29.9 Å². The molecule has 24 aromatic rings. The molecule has 2 aliphatic carbocycles. The van der Waals surface area contributed by atoms with E-state index in [-0.39, 0.29) is 0 Å². The number of furan rings is 1. The van der Waals surface area contributed by atoms with Crippen LogP contribution in [-0.2, 0) is 0 Å². The average molecular weight is 1720 g/mol. The average Bonchev–Trinajstić information content (AvgIpc) is 1.60. The lowest BCUT2D eigenvalue weighted by molar-refractivity contribution is 0.669. The van der Waals surface area contributed by atoms with E-state index in [4.69, 9.17) is 34.3 Å². The van der Waals surface area contributed by atoms with Crippen molar-refractivity contribution in [3.63, 3.8) is 0 Å². The molecule has 0 unspecified atom stereocenters. The fourth-order valence-corrected chi connectivity index (χ4v) is 20.0. The minimum absolute atomic E-state index is 0.614. The third-order valence-corrected chi connectivity index (χ3v) is 26.7. The molecule has 3 heterocycles. The Hall–Kier alpha value is -18.5. The van der Waals surface area contributed by atoms with Crippen molar-refractivity contribution >= 4 is 65.0 Å². The standard InChI is InChI=1S/C68H40N4O.C58H34N4/c69-41-42-14-16-48(17-15-42)54-35-37-59-56-10-4-5-11-57(56)60-38-36-55(64(54)65(59)60)49-28-22-45(23-29-49)43-18-20-44(21-19-43)46-24-30-51(31-25-46)67-70-66(50-8-2-1-3-9-50)71-68(72-67)52-32-26-47(27-33-52)53-34-39-63-61(40-53)58-12-6-7-13-62(58)73-63;59-35-36-18-20-39(21-19-36)44-30-31-51-45-14-7-8-15-46(45)52-33-32-50(54(44)55(51)52)47-16-9-17-48-49(47)29-28-40-24-27-43(34-53(40)48)58-61-56(41-12-5-2-6-13-41)60-57(62-58)42-25-22-38(23-26-42)37-10-3-1-4-11-37/h1-40H;1-34H. The lowest BCUT2D eigenvalue weighted by Crippen LogP contribution is -2.00. The fraction of sp³-hybridized carbons (Fsp3) is 0. The molecular weight excluding hydrogens is 1640 g/mol. The highest BCUT2D eigenvalue weighted by Gasteiger charge is 2.29. The summed E-state index contributed by atoms with van der Waals surface area (Å²) < 4.78 is 6.09. The Balaban J connectivity index is 0.000000146. The molecule has 0 atom stereocenters. The highest BCUT2D eigenvalue weighted by atomic mass is 16.3. The maximum Gasteiger partial charge on any atom is 0.164 e. The van der Waals surface area contributed by atoms with E-state index in [1.807, 2.05) is 109 Å². The number of para-hydroxylation sites is 1. The molecular formula is C126H74N8O. The van der Waals surface area contributed by atoms with Gasteiger partial charge in [0.2, 0.25) is 0 Å². The van der Waals surface area contributed by atoms with Gasteiger partial charge in [-0.3, -0.25) is 0 Å². The molecule has 0 radical (unpaired) electrons. The first-order valence-electron chi connectivity index (χ1n) is 45.3. The third kappa shape index (κ3) is 14.0. The smallest absolute Gasteiger partial charge is 0.164 e. The number of rotatable bonds is 14. The Morgan fingerprint density at radius 1 is 0.156 bits per heavy atom. The molecule has 0 saturated heterocycles. The first kappa shape index (κ1) is 78.7. The van der Waals surface area contributed by atoms with Crippen molar-refractivity contribution in [2.75, 3.05) is 0 Å². The van der Waals surface area contributed by atoms with Gasteiger partial charge in [0.1, 0.15) is 11.2 Å². The molecule has 26 rings (SSSR count). The van der Waals surface area contributed by atoms with Crippen LogP contribution in [0.1, 0.15) is 11.1 Å². The van der Waals surface area contributed by atoms with Gasteiger partial charge in [-0.25, -0.2) is 29.9 Å². The van der Waals surface area contributed by atoms with Gasteiger partial charge in [-0.15, -0.1) is 0 Å². The van der Waals surface area contributed by atoms with Crippen LogP contribution in [0.4, 0.5) is 0 Å². The molecule has 0 N–H and O–H groups in total. The molecule has 0 saturated carbocycles. The maximum absolute atomic E-state index is 9.60. The van der Waals surface area contributed by atoms with E-state index in [0.29, 0.717) is 46.1 Å². The number of aromatic nitrogens is 6. The molecule has 0 fully saturated rings. The first-order valence-corrected chi connectivity index (χ1v) is 45.3. The van der Waals surface area contributed by atoms with Gasteiger partial charge in [0.25, 0.3) is 0 Å². The van der Waals surface area contributed by atoms with E-state index in [0.717, 1.165) is 149 Å². The molecule has 0 bridgehead atoms. The van der Waals surface area contributed by atoms with Gasteiger partial charge in [-0.05, 0) is 225 Å².